The lowest BCUT2D eigenvalue weighted by Crippen LogP contribution is -2.37. The molecule has 5 nitrogen and oxygen atoms in total. The van der Waals surface area contributed by atoms with Crippen LogP contribution in [-0.4, -0.2) is 31.6 Å². The third kappa shape index (κ3) is 5.22. The second-order valence-electron chi connectivity index (χ2n) is 5.55. The summed E-state index contributed by atoms with van der Waals surface area (Å²) in [6.45, 7) is 3.74. The zero-order chi connectivity index (χ0) is 17.4. The van der Waals surface area contributed by atoms with Crippen molar-refractivity contribution in [2.24, 2.45) is 4.99 Å². The van der Waals surface area contributed by atoms with E-state index < -0.39 is 0 Å². The number of aromatic nitrogens is 1. The molecule has 2 N–H and O–H groups in total. The van der Waals surface area contributed by atoms with Gasteiger partial charge in [0.25, 0.3) is 0 Å². The molecule has 0 bridgehead atoms. The minimum Gasteiger partial charge on any atom is -0.375 e. The molecule has 0 saturated carbocycles. The minimum absolute atomic E-state index is 0.237. The molecule has 1 aromatic heterocycles. The zero-order valence-electron chi connectivity index (χ0n) is 14.4. The van der Waals surface area contributed by atoms with Gasteiger partial charge >= 0.3 is 0 Å². The Kier molecular flexibility index (Phi) is 6.54. The van der Waals surface area contributed by atoms with Crippen molar-refractivity contribution in [3.8, 4) is 0 Å². The van der Waals surface area contributed by atoms with Crippen LogP contribution in [0.15, 0.2) is 47.6 Å². The Morgan fingerprint density at radius 2 is 2.04 bits per heavy atom. The summed E-state index contributed by atoms with van der Waals surface area (Å²) in [5.74, 6) is 0.444. The first-order valence-corrected chi connectivity index (χ1v) is 7.98. The number of rotatable bonds is 6. The molecule has 24 heavy (non-hydrogen) atoms. The van der Waals surface area contributed by atoms with E-state index in [-0.39, 0.29) is 5.82 Å². The Bertz CT molecular complexity index is 670. The topological polar surface area (TPSA) is 52.6 Å². The lowest BCUT2D eigenvalue weighted by molar-refractivity contribution is 0.624. The van der Waals surface area contributed by atoms with Gasteiger partial charge in [-0.15, -0.1) is 0 Å². The van der Waals surface area contributed by atoms with Crippen LogP contribution in [0.5, 0.6) is 0 Å². The molecular formula is C18H24FN5. The largest absolute Gasteiger partial charge is 0.375 e. The van der Waals surface area contributed by atoms with Gasteiger partial charge in [-0.25, -0.2) is 9.38 Å². The fourth-order valence-corrected chi connectivity index (χ4v) is 2.20. The van der Waals surface area contributed by atoms with Crippen molar-refractivity contribution in [3.05, 3.63) is 59.7 Å². The smallest absolute Gasteiger partial charge is 0.191 e. The lowest BCUT2D eigenvalue weighted by atomic mass is 10.2. The van der Waals surface area contributed by atoms with Crippen LogP contribution >= 0.6 is 0 Å². The third-order valence-electron chi connectivity index (χ3n) is 3.42. The molecule has 0 radical (unpaired) electrons. The second-order valence-corrected chi connectivity index (χ2v) is 5.55. The zero-order valence-corrected chi connectivity index (χ0v) is 14.4. The van der Waals surface area contributed by atoms with E-state index in [2.05, 4.69) is 20.6 Å². The minimum atomic E-state index is -0.237. The van der Waals surface area contributed by atoms with Crippen LogP contribution in [0.1, 0.15) is 18.2 Å². The highest BCUT2D eigenvalue weighted by Crippen LogP contribution is 2.18. The summed E-state index contributed by atoms with van der Waals surface area (Å²) in [6.07, 6.45) is 1.76. The van der Waals surface area contributed by atoms with E-state index in [1.807, 2.05) is 45.3 Å². The molecule has 0 atom stereocenters. The van der Waals surface area contributed by atoms with E-state index in [1.165, 1.54) is 6.07 Å². The summed E-state index contributed by atoms with van der Waals surface area (Å²) >= 11 is 0. The Morgan fingerprint density at radius 1 is 1.21 bits per heavy atom. The predicted octanol–water partition coefficient (Wildman–Crippen LogP) is 2.54. The molecule has 0 amide bonds. The summed E-state index contributed by atoms with van der Waals surface area (Å²) < 4.78 is 14.0. The average Bonchev–Trinajstić information content (AvgIpc) is 2.58. The number of pyridine rings is 1. The first-order valence-electron chi connectivity index (χ1n) is 7.98. The monoisotopic (exact) mass is 329 g/mol. The molecule has 0 aliphatic rings. The van der Waals surface area contributed by atoms with E-state index in [1.54, 1.807) is 17.2 Å². The standard InChI is InChI=1S/C18H24FN5/c1-4-20-18(23-13-15-7-5-6-10-21-15)22-12-14-8-9-17(24(2)3)16(19)11-14/h5-11H,4,12-13H2,1-3H3,(H2,20,22,23). The molecule has 6 heteroatoms. The van der Waals surface area contributed by atoms with Crippen molar-refractivity contribution in [3.63, 3.8) is 0 Å². The van der Waals surface area contributed by atoms with Crippen molar-refractivity contribution < 1.29 is 4.39 Å². The number of hydrogen-bond acceptors (Lipinski definition) is 3. The third-order valence-corrected chi connectivity index (χ3v) is 3.42. The maximum Gasteiger partial charge on any atom is 0.191 e. The SMILES string of the molecule is CCNC(=NCc1ccc(N(C)C)c(F)c1)NCc1ccccn1. The highest BCUT2D eigenvalue weighted by atomic mass is 19.1. The predicted molar refractivity (Wildman–Crippen MR) is 96.6 cm³/mol. The number of guanidine groups is 1. The number of hydrogen-bond donors (Lipinski definition) is 2. The molecule has 1 heterocycles. The first-order chi connectivity index (χ1) is 11.6. The van der Waals surface area contributed by atoms with Crippen LogP contribution in [0.25, 0.3) is 0 Å². The second kappa shape index (κ2) is 8.86. The van der Waals surface area contributed by atoms with Crippen molar-refractivity contribution in [2.75, 3.05) is 25.5 Å². The summed E-state index contributed by atoms with van der Waals surface area (Å²) in [6, 6.07) is 11.0. The van der Waals surface area contributed by atoms with Crippen LogP contribution in [-0.2, 0) is 13.1 Å². The van der Waals surface area contributed by atoms with Gasteiger partial charge in [-0.05, 0) is 36.8 Å². The molecule has 0 unspecified atom stereocenters. The Morgan fingerprint density at radius 3 is 2.67 bits per heavy atom. The van der Waals surface area contributed by atoms with Gasteiger partial charge in [-0.2, -0.15) is 0 Å². The number of halogens is 1. The summed E-state index contributed by atoms with van der Waals surface area (Å²) in [5.41, 5.74) is 2.33. The van der Waals surface area contributed by atoms with Crippen molar-refractivity contribution in [2.45, 2.75) is 20.0 Å². The Labute approximate surface area is 142 Å². The Balaban J connectivity index is 2.01. The van der Waals surface area contributed by atoms with Crippen LogP contribution < -0.4 is 15.5 Å². The highest BCUT2D eigenvalue weighted by Gasteiger charge is 2.05. The van der Waals surface area contributed by atoms with E-state index in [0.717, 1.165) is 17.8 Å². The van der Waals surface area contributed by atoms with Gasteiger partial charge < -0.3 is 15.5 Å². The van der Waals surface area contributed by atoms with Crippen LogP contribution in [0.4, 0.5) is 10.1 Å². The molecule has 1 aromatic carbocycles. The lowest BCUT2D eigenvalue weighted by Gasteiger charge is -2.14. The van der Waals surface area contributed by atoms with E-state index in [9.17, 15) is 4.39 Å². The fourth-order valence-electron chi connectivity index (χ4n) is 2.20. The van der Waals surface area contributed by atoms with Gasteiger partial charge in [-0.1, -0.05) is 12.1 Å². The average molecular weight is 329 g/mol. The number of benzene rings is 1. The number of nitrogens with zero attached hydrogens (tertiary/aromatic N) is 3. The molecule has 2 aromatic rings. The quantitative estimate of drug-likeness (QED) is 0.632. The van der Waals surface area contributed by atoms with Crippen LogP contribution in [0, 0.1) is 5.82 Å². The molecular weight excluding hydrogens is 305 g/mol. The molecule has 0 saturated heterocycles. The number of aliphatic imine (C=N–C) groups is 1. The van der Waals surface area contributed by atoms with Gasteiger partial charge in [0.2, 0.25) is 0 Å². The van der Waals surface area contributed by atoms with Gasteiger partial charge in [0.05, 0.1) is 24.5 Å². The van der Waals surface area contributed by atoms with E-state index >= 15 is 0 Å². The maximum absolute atomic E-state index is 14.0. The molecule has 0 fully saturated rings. The summed E-state index contributed by atoms with van der Waals surface area (Å²) in [7, 11) is 3.64. The van der Waals surface area contributed by atoms with Gasteiger partial charge in [0, 0.05) is 26.8 Å². The van der Waals surface area contributed by atoms with Gasteiger partial charge in [-0.3, -0.25) is 4.98 Å². The first kappa shape index (κ1) is 17.7. The maximum atomic E-state index is 14.0. The van der Waals surface area contributed by atoms with E-state index in [4.69, 9.17) is 0 Å². The fraction of sp³-hybridized carbons (Fsp3) is 0.333. The summed E-state index contributed by atoms with van der Waals surface area (Å²) in [5, 5.41) is 6.40. The molecule has 2 rings (SSSR count). The molecule has 0 spiro atoms. The molecule has 0 aliphatic heterocycles. The van der Waals surface area contributed by atoms with Gasteiger partial charge in [0.15, 0.2) is 5.96 Å². The van der Waals surface area contributed by atoms with Crippen molar-refractivity contribution >= 4 is 11.6 Å². The Hall–Kier alpha value is -2.63. The van der Waals surface area contributed by atoms with Crippen LogP contribution in [0.2, 0.25) is 0 Å². The van der Waals surface area contributed by atoms with Crippen molar-refractivity contribution in [1.29, 1.82) is 0 Å². The molecule has 0 aliphatic carbocycles. The van der Waals surface area contributed by atoms with E-state index in [0.29, 0.717) is 24.7 Å². The van der Waals surface area contributed by atoms with Crippen LogP contribution in [0.3, 0.4) is 0 Å². The number of nitrogens with one attached hydrogen (secondary N) is 2. The summed E-state index contributed by atoms with van der Waals surface area (Å²) in [4.78, 5) is 10.5. The molecule has 128 valence electrons. The highest BCUT2D eigenvalue weighted by molar-refractivity contribution is 5.79. The van der Waals surface area contributed by atoms with Gasteiger partial charge in [0.1, 0.15) is 5.82 Å². The normalized spacial score (nSPS) is 11.2. The van der Waals surface area contributed by atoms with Crippen molar-refractivity contribution in [1.82, 2.24) is 15.6 Å². The number of anilines is 1.